The summed E-state index contributed by atoms with van der Waals surface area (Å²) in [5.41, 5.74) is 6.89. The molecule has 6 nitrogen and oxygen atoms in total. The monoisotopic (exact) mass is 388 g/mol. The molecule has 2 aliphatic rings. The molecule has 2 aliphatic heterocycles. The third-order valence-corrected chi connectivity index (χ3v) is 7.27. The third-order valence-electron chi connectivity index (χ3n) is 6.09. The Hall–Kier alpha value is -1.73. The van der Waals surface area contributed by atoms with Gasteiger partial charge in [0, 0.05) is 32.1 Å². The predicted molar refractivity (Wildman–Crippen MR) is 108 cm³/mol. The van der Waals surface area contributed by atoms with Gasteiger partial charge in [-0.25, -0.2) is 4.98 Å². The quantitative estimate of drug-likeness (QED) is 0.858. The fourth-order valence-electron chi connectivity index (χ4n) is 4.38. The van der Waals surface area contributed by atoms with Gasteiger partial charge in [0.2, 0.25) is 0 Å². The summed E-state index contributed by atoms with van der Waals surface area (Å²) in [6.45, 7) is 6.11. The van der Waals surface area contributed by atoms with Crippen LogP contribution in [0.4, 0.5) is 0 Å². The van der Waals surface area contributed by atoms with Crippen LogP contribution in [-0.4, -0.2) is 39.5 Å². The molecule has 0 bridgehead atoms. The average molecular weight is 389 g/mol. The van der Waals surface area contributed by atoms with Gasteiger partial charge in [0.15, 0.2) is 0 Å². The lowest BCUT2D eigenvalue weighted by Crippen LogP contribution is -2.45. The molecule has 2 atom stereocenters. The molecule has 4 rings (SSSR count). The summed E-state index contributed by atoms with van der Waals surface area (Å²) >= 11 is 1.38. The van der Waals surface area contributed by atoms with Gasteiger partial charge in [-0.2, -0.15) is 0 Å². The number of amides is 1. The highest BCUT2D eigenvalue weighted by Crippen LogP contribution is 2.31. The molecular weight excluding hydrogens is 360 g/mol. The molecule has 2 N–H and O–H groups in total. The molecule has 1 saturated heterocycles. The Kier molecular flexibility index (Phi) is 5.07. The van der Waals surface area contributed by atoms with Crippen molar-refractivity contribution < 1.29 is 4.79 Å². The Morgan fingerprint density at radius 1 is 1.26 bits per heavy atom. The van der Waals surface area contributed by atoms with E-state index in [4.69, 9.17) is 10.7 Å². The number of carbonyl (C=O) groups excluding carboxylic acids is 1. The van der Waals surface area contributed by atoms with E-state index in [9.17, 15) is 9.59 Å². The fourth-order valence-corrected chi connectivity index (χ4v) is 5.54. The van der Waals surface area contributed by atoms with Crippen LogP contribution in [0, 0.1) is 12.8 Å². The van der Waals surface area contributed by atoms with E-state index in [-0.39, 0.29) is 17.5 Å². The van der Waals surface area contributed by atoms with Gasteiger partial charge >= 0.3 is 0 Å². The highest BCUT2D eigenvalue weighted by Gasteiger charge is 2.29. The number of nitrogens with two attached hydrogens (primary N) is 1. The first-order valence-corrected chi connectivity index (χ1v) is 10.9. The first kappa shape index (κ1) is 18.6. The van der Waals surface area contributed by atoms with Crippen LogP contribution < -0.4 is 11.3 Å². The Balaban J connectivity index is 1.72. The Morgan fingerprint density at radius 2 is 2.07 bits per heavy atom. The summed E-state index contributed by atoms with van der Waals surface area (Å²) < 4.78 is 1.83. The fraction of sp³-hybridized carbons (Fsp3) is 0.650. The van der Waals surface area contributed by atoms with Gasteiger partial charge in [-0.15, -0.1) is 11.3 Å². The van der Waals surface area contributed by atoms with Crippen LogP contribution in [0.2, 0.25) is 0 Å². The summed E-state index contributed by atoms with van der Waals surface area (Å²) in [5, 5.41) is 0.634. The maximum atomic E-state index is 13.2. The van der Waals surface area contributed by atoms with Crippen molar-refractivity contribution >= 4 is 27.5 Å². The molecule has 0 radical (unpaired) electrons. The van der Waals surface area contributed by atoms with E-state index in [0.717, 1.165) is 67.8 Å². The van der Waals surface area contributed by atoms with Gasteiger partial charge in [0.05, 0.1) is 10.3 Å². The molecule has 2 aromatic heterocycles. The number of carbonyl (C=O) groups is 1. The first-order valence-electron chi connectivity index (χ1n) is 10.0. The molecule has 1 fully saturated rings. The average Bonchev–Trinajstić information content (AvgIpc) is 2.83. The van der Waals surface area contributed by atoms with Crippen LogP contribution in [0.3, 0.4) is 0 Å². The molecular formula is C20H28N4O2S. The van der Waals surface area contributed by atoms with Crippen molar-refractivity contribution in [3.63, 3.8) is 0 Å². The van der Waals surface area contributed by atoms with Gasteiger partial charge in [-0.1, -0.05) is 6.42 Å². The zero-order valence-electron chi connectivity index (χ0n) is 16.2. The van der Waals surface area contributed by atoms with E-state index in [1.165, 1.54) is 11.3 Å². The van der Waals surface area contributed by atoms with E-state index >= 15 is 0 Å². The third kappa shape index (κ3) is 3.31. The smallest absolute Gasteiger partial charge is 0.264 e. The lowest BCUT2D eigenvalue weighted by atomic mass is 9.92. The largest absolute Gasteiger partial charge is 0.338 e. The van der Waals surface area contributed by atoms with E-state index in [1.807, 2.05) is 23.3 Å². The van der Waals surface area contributed by atoms with Gasteiger partial charge < -0.3 is 10.6 Å². The van der Waals surface area contributed by atoms with Gasteiger partial charge in [0.1, 0.15) is 10.7 Å². The van der Waals surface area contributed by atoms with E-state index in [2.05, 4.69) is 0 Å². The Morgan fingerprint density at radius 3 is 2.85 bits per heavy atom. The number of hydrogen-bond acceptors (Lipinski definition) is 5. The standard InChI is InChI=1S/C20H28N4O2S/c1-12-16-18(22-15-8-4-3-5-10-24(15)19(16)25)27-17(12)20(26)23-9-6-7-14(11-23)13(2)21/h13-14H,3-11,21H2,1-2H3. The van der Waals surface area contributed by atoms with E-state index in [1.54, 1.807) is 0 Å². The first-order chi connectivity index (χ1) is 13.0. The number of aromatic nitrogens is 2. The molecule has 7 heteroatoms. The number of aryl methyl sites for hydroxylation is 2. The molecule has 4 heterocycles. The van der Waals surface area contributed by atoms with Gasteiger partial charge in [0.25, 0.3) is 11.5 Å². The second-order valence-corrected chi connectivity index (χ2v) is 9.04. The second kappa shape index (κ2) is 7.36. The van der Waals surface area contributed by atoms with Gasteiger partial charge in [-0.05, 0) is 51.0 Å². The molecule has 0 saturated carbocycles. The minimum absolute atomic E-state index is 0.0248. The molecule has 27 heavy (non-hydrogen) atoms. The SMILES string of the molecule is Cc1c(C(=O)N2CCCC(C(C)N)C2)sc2nc3n(c(=O)c12)CCCCC3. The number of likely N-dealkylation sites (tertiary alicyclic amines) is 1. The van der Waals surface area contributed by atoms with Crippen molar-refractivity contribution in [2.75, 3.05) is 13.1 Å². The molecule has 0 aromatic carbocycles. The van der Waals surface area contributed by atoms with Crippen LogP contribution in [0.5, 0.6) is 0 Å². The molecule has 2 aromatic rings. The maximum absolute atomic E-state index is 13.2. The zero-order chi connectivity index (χ0) is 19.1. The van der Waals surface area contributed by atoms with E-state index in [0.29, 0.717) is 22.7 Å². The van der Waals surface area contributed by atoms with Crippen LogP contribution in [-0.2, 0) is 13.0 Å². The molecule has 0 spiro atoms. The van der Waals surface area contributed by atoms with Crippen molar-refractivity contribution in [2.24, 2.45) is 11.7 Å². The highest BCUT2D eigenvalue weighted by molar-refractivity contribution is 7.20. The molecule has 2 unspecified atom stereocenters. The summed E-state index contributed by atoms with van der Waals surface area (Å²) in [6, 6.07) is 0.0890. The van der Waals surface area contributed by atoms with Crippen molar-refractivity contribution in [3.8, 4) is 0 Å². The normalized spacial score (nSPS) is 21.7. The van der Waals surface area contributed by atoms with Crippen molar-refractivity contribution in [2.45, 2.75) is 65.0 Å². The molecule has 1 amide bonds. The minimum atomic E-state index is 0.0248. The topological polar surface area (TPSA) is 81.2 Å². The van der Waals surface area contributed by atoms with Crippen LogP contribution in [0.1, 0.15) is 60.1 Å². The van der Waals surface area contributed by atoms with Crippen molar-refractivity contribution in [3.05, 3.63) is 26.6 Å². The lowest BCUT2D eigenvalue weighted by Gasteiger charge is -2.34. The number of piperidine rings is 1. The number of fused-ring (bicyclic) bond motifs is 2. The van der Waals surface area contributed by atoms with Crippen LogP contribution >= 0.6 is 11.3 Å². The van der Waals surface area contributed by atoms with E-state index < -0.39 is 0 Å². The maximum Gasteiger partial charge on any atom is 0.264 e. The summed E-state index contributed by atoms with van der Waals surface area (Å²) in [4.78, 5) is 34.4. The van der Waals surface area contributed by atoms with Crippen LogP contribution in [0.25, 0.3) is 10.2 Å². The highest BCUT2D eigenvalue weighted by atomic mass is 32.1. The molecule has 0 aliphatic carbocycles. The van der Waals surface area contributed by atoms with Crippen molar-refractivity contribution in [1.82, 2.24) is 14.5 Å². The van der Waals surface area contributed by atoms with Crippen molar-refractivity contribution in [1.29, 1.82) is 0 Å². The number of hydrogen-bond donors (Lipinski definition) is 1. The minimum Gasteiger partial charge on any atom is -0.338 e. The second-order valence-electron chi connectivity index (χ2n) is 8.04. The Labute approximate surface area is 163 Å². The molecule has 146 valence electrons. The summed E-state index contributed by atoms with van der Waals surface area (Å²) in [5.74, 6) is 1.25. The number of thiophene rings is 1. The van der Waals surface area contributed by atoms with Crippen LogP contribution in [0.15, 0.2) is 4.79 Å². The number of rotatable bonds is 2. The zero-order valence-corrected chi connectivity index (χ0v) is 17.0. The lowest BCUT2D eigenvalue weighted by molar-refractivity contribution is 0.0665. The Bertz CT molecular complexity index is 930. The predicted octanol–water partition coefficient (Wildman–Crippen LogP) is 2.69. The summed E-state index contributed by atoms with van der Waals surface area (Å²) in [7, 11) is 0. The number of nitrogens with zero attached hydrogens (tertiary/aromatic N) is 3. The summed E-state index contributed by atoms with van der Waals surface area (Å²) in [6.07, 6.45) is 6.12. The van der Waals surface area contributed by atoms with Gasteiger partial charge in [-0.3, -0.25) is 14.2 Å².